The summed E-state index contributed by atoms with van der Waals surface area (Å²) in [6, 6.07) is 22.9. The van der Waals surface area contributed by atoms with Gasteiger partial charge >= 0.3 is 0 Å². The number of imidazole rings is 1. The van der Waals surface area contributed by atoms with Crippen molar-refractivity contribution in [3.05, 3.63) is 72.6 Å². The minimum Gasteiger partial charge on any atom is -0.493 e. The number of benzene rings is 3. The van der Waals surface area contributed by atoms with Crippen molar-refractivity contribution in [2.24, 2.45) is 5.92 Å². The molecule has 0 radical (unpaired) electrons. The molecular weight excluding hydrogens is 422 g/mol. The SMILES string of the molecule is O=C(NCCCCCc1nc2ccccc2n1CCCOc1cccc2ccccc12)C1CC1. The molecule has 5 heteroatoms. The van der Waals surface area contributed by atoms with Crippen molar-refractivity contribution < 1.29 is 9.53 Å². The summed E-state index contributed by atoms with van der Waals surface area (Å²) in [4.78, 5) is 16.7. The van der Waals surface area contributed by atoms with Gasteiger partial charge in [-0.1, -0.05) is 55.0 Å². The Bertz CT molecular complexity index is 1250. The van der Waals surface area contributed by atoms with E-state index in [1.165, 1.54) is 10.9 Å². The minimum absolute atomic E-state index is 0.243. The number of fused-ring (bicyclic) bond motifs is 2. The molecule has 1 aliphatic carbocycles. The predicted octanol–water partition coefficient (Wildman–Crippen LogP) is 5.90. The molecule has 0 spiro atoms. The van der Waals surface area contributed by atoms with Gasteiger partial charge in [-0.25, -0.2) is 4.98 Å². The fraction of sp³-hybridized carbons (Fsp3) is 0.379. The Kier molecular flexibility index (Phi) is 7.08. The van der Waals surface area contributed by atoms with E-state index in [0.29, 0.717) is 12.5 Å². The highest BCUT2D eigenvalue weighted by atomic mass is 16.5. The highest BCUT2D eigenvalue weighted by Crippen LogP contribution is 2.28. The molecule has 176 valence electrons. The van der Waals surface area contributed by atoms with Crippen LogP contribution >= 0.6 is 0 Å². The van der Waals surface area contributed by atoms with Crippen LogP contribution in [-0.2, 0) is 17.8 Å². The summed E-state index contributed by atoms with van der Waals surface area (Å²) in [5.41, 5.74) is 2.25. The number of aryl methyl sites for hydroxylation is 2. The number of carbonyl (C=O) groups is 1. The summed E-state index contributed by atoms with van der Waals surface area (Å²) in [7, 11) is 0. The first-order valence-corrected chi connectivity index (χ1v) is 12.6. The minimum atomic E-state index is 0.243. The van der Waals surface area contributed by atoms with Crippen LogP contribution in [0.15, 0.2) is 66.7 Å². The largest absolute Gasteiger partial charge is 0.493 e. The summed E-state index contributed by atoms with van der Waals surface area (Å²) < 4.78 is 8.53. The van der Waals surface area contributed by atoms with Crippen molar-refractivity contribution in [1.82, 2.24) is 14.9 Å². The molecule has 3 aromatic carbocycles. The standard InChI is InChI=1S/C29H33N3O2/c33-29(23-17-18-23)30-19-7-1-2-16-28-31-25-13-5-6-14-26(25)32(28)20-9-21-34-27-15-8-11-22-10-3-4-12-24(22)27/h3-6,8,10-15,23H,1-2,7,9,16-21H2,(H,30,33). The maximum absolute atomic E-state index is 11.7. The molecule has 1 N–H and O–H groups in total. The Morgan fingerprint density at radius 2 is 1.76 bits per heavy atom. The topological polar surface area (TPSA) is 56.2 Å². The molecule has 5 rings (SSSR count). The van der Waals surface area contributed by atoms with Crippen molar-refractivity contribution >= 4 is 27.7 Å². The first-order chi connectivity index (χ1) is 16.8. The number of hydrogen-bond donors (Lipinski definition) is 1. The van der Waals surface area contributed by atoms with Crippen LogP contribution in [0.5, 0.6) is 5.75 Å². The molecule has 1 heterocycles. The highest BCUT2D eigenvalue weighted by molar-refractivity contribution is 5.88. The number of nitrogens with one attached hydrogen (secondary N) is 1. The monoisotopic (exact) mass is 455 g/mol. The molecule has 1 fully saturated rings. The number of hydrogen-bond acceptors (Lipinski definition) is 3. The van der Waals surface area contributed by atoms with Crippen LogP contribution in [-0.4, -0.2) is 28.6 Å². The number of para-hydroxylation sites is 2. The Labute approximate surface area is 201 Å². The van der Waals surface area contributed by atoms with E-state index in [4.69, 9.17) is 9.72 Å². The fourth-order valence-corrected chi connectivity index (χ4v) is 4.58. The number of ether oxygens (including phenoxy) is 1. The molecule has 34 heavy (non-hydrogen) atoms. The van der Waals surface area contributed by atoms with E-state index >= 15 is 0 Å². The lowest BCUT2D eigenvalue weighted by Crippen LogP contribution is -2.25. The van der Waals surface area contributed by atoms with Gasteiger partial charge in [0.15, 0.2) is 0 Å². The molecule has 0 unspecified atom stereocenters. The lowest BCUT2D eigenvalue weighted by atomic mass is 10.1. The quantitative estimate of drug-likeness (QED) is 0.271. The molecule has 1 aromatic heterocycles. The Morgan fingerprint density at radius 1 is 0.941 bits per heavy atom. The van der Waals surface area contributed by atoms with E-state index in [0.717, 1.165) is 80.5 Å². The highest BCUT2D eigenvalue weighted by Gasteiger charge is 2.28. The lowest BCUT2D eigenvalue weighted by Gasteiger charge is -2.12. The summed E-state index contributed by atoms with van der Waals surface area (Å²) in [5, 5.41) is 5.42. The molecule has 5 nitrogen and oxygen atoms in total. The van der Waals surface area contributed by atoms with Gasteiger partial charge in [-0.15, -0.1) is 0 Å². The van der Waals surface area contributed by atoms with Gasteiger partial charge in [-0.2, -0.15) is 0 Å². The van der Waals surface area contributed by atoms with Gasteiger partial charge in [0.2, 0.25) is 5.91 Å². The predicted molar refractivity (Wildman–Crippen MR) is 137 cm³/mol. The Balaban J connectivity index is 1.14. The molecular formula is C29H33N3O2. The normalized spacial score (nSPS) is 13.4. The van der Waals surface area contributed by atoms with Crippen LogP contribution in [0.25, 0.3) is 21.8 Å². The third-order valence-corrected chi connectivity index (χ3v) is 6.59. The van der Waals surface area contributed by atoms with E-state index in [9.17, 15) is 4.79 Å². The first-order valence-electron chi connectivity index (χ1n) is 12.6. The first kappa shape index (κ1) is 22.5. The average Bonchev–Trinajstić information content (AvgIpc) is 3.66. The van der Waals surface area contributed by atoms with Crippen molar-refractivity contribution in [2.75, 3.05) is 13.2 Å². The van der Waals surface area contributed by atoms with Gasteiger partial charge < -0.3 is 14.6 Å². The summed E-state index contributed by atoms with van der Waals surface area (Å²) in [6.07, 6.45) is 7.20. The van der Waals surface area contributed by atoms with Gasteiger partial charge in [0.25, 0.3) is 0 Å². The van der Waals surface area contributed by atoms with Crippen LogP contribution in [0.3, 0.4) is 0 Å². The average molecular weight is 456 g/mol. The zero-order valence-corrected chi connectivity index (χ0v) is 19.7. The van der Waals surface area contributed by atoms with Crippen molar-refractivity contribution in [3.63, 3.8) is 0 Å². The van der Waals surface area contributed by atoms with E-state index in [2.05, 4.69) is 70.5 Å². The van der Waals surface area contributed by atoms with Gasteiger partial charge in [0, 0.05) is 30.8 Å². The molecule has 1 aliphatic rings. The van der Waals surface area contributed by atoms with Crippen molar-refractivity contribution in [3.8, 4) is 5.75 Å². The number of nitrogens with zero attached hydrogens (tertiary/aromatic N) is 2. The number of aromatic nitrogens is 2. The third kappa shape index (κ3) is 5.41. The van der Waals surface area contributed by atoms with Crippen LogP contribution in [0.1, 0.15) is 44.3 Å². The summed E-state index contributed by atoms with van der Waals surface area (Å²) in [5.74, 6) is 2.63. The molecule has 4 aromatic rings. The van der Waals surface area contributed by atoms with Crippen LogP contribution < -0.4 is 10.1 Å². The number of rotatable bonds is 12. The number of unbranched alkanes of at least 4 members (excludes halogenated alkanes) is 2. The number of amides is 1. The van der Waals surface area contributed by atoms with E-state index in [1.807, 2.05) is 6.07 Å². The van der Waals surface area contributed by atoms with Crippen LogP contribution in [0.4, 0.5) is 0 Å². The molecule has 1 saturated carbocycles. The van der Waals surface area contributed by atoms with E-state index in [-0.39, 0.29) is 5.91 Å². The van der Waals surface area contributed by atoms with Gasteiger partial charge in [0.05, 0.1) is 17.6 Å². The molecule has 1 amide bonds. The van der Waals surface area contributed by atoms with Gasteiger partial charge in [-0.05, 0) is 55.7 Å². The maximum atomic E-state index is 11.7. The van der Waals surface area contributed by atoms with Gasteiger partial charge in [-0.3, -0.25) is 4.79 Å². The second kappa shape index (κ2) is 10.7. The number of carbonyl (C=O) groups excluding carboxylic acids is 1. The second-order valence-electron chi connectivity index (χ2n) is 9.22. The molecule has 0 bridgehead atoms. The lowest BCUT2D eigenvalue weighted by molar-refractivity contribution is -0.122. The summed E-state index contributed by atoms with van der Waals surface area (Å²) >= 11 is 0. The fourth-order valence-electron chi connectivity index (χ4n) is 4.58. The maximum Gasteiger partial charge on any atom is 0.223 e. The Morgan fingerprint density at radius 3 is 2.68 bits per heavy atom. The Hall–Kier alpha value is -3.34. The van der Waals surface area contributed by atoms with Gasteiger partial charge in [0.1, 0.15) is 11.6 Å². The van der Waals surface area contributed by atoms with Crippen molar-refractivity contribution in [2.45, 2.75) is 51.5 Å². The van der Waals surface area contributed by atoms with Crippen LogP contribution in [0.2, 0.25) is 0 Å². The van der Waals surface area contributed by atoms with E-state index < -0.39 is 0 Å². The third-order valence-electron chi connectivity index (χ3n) is 6.59. The van der Waals surface area contributed by atoms with Crippen molar-refractivity contribution in [1.29, 1.82) is 0 Å². The molecule has 0 saturated heterocycles. The molecule has 0 atom stereocenters. The smallest absolute Gasteiger partial charge is 0.223 e. The molecule has 0 aliphatic heterocycles. The zero-order chi connectivity index (χ0) is 23.2. The summed E-state index contributed by atoms with van der Waals surface area (Å²) in [6.45, 7) is 2.34. The van der Waals surface area contributed by atoms with E-state index in [1.54, 1.807) is 0 Å². The zero-order valence-electron chi connectivity index (χ0n) is 19.7. The second-order valence-corrected chi connectivity index (χ2v) is 9.22. The van der Waals surface area contributed by atoms with Crippen LogP contribution in [0, 0.1) is 5.92 Å².